The van der Waals surface area contributed by atoms with Gasteiger partial charge in [0, 0.05) is 18.5 Å². The summed E-state index contributed by atoms with van der Waals surface area (Å²) in [6, 6.07) is 0. The Balaban J connectivity index is 0.000000246. The van der Waals surface area contributed by atoms with Crippen LogP contribution in [0, 0.1) is 5.41 Å². The fourth-order valence-corrected chi connectivity index (χ4v) is 2.31. The lowest BCUT2D eigenvalue weighted by molar-refractivity contribution is -0.192. The molecule has 0 saturated carbocycles. The van der Waals surface area contributed by atoms with E-state index in [0.29, 0.717) is 5.41 Å². The van der Waals surface area contributed by atoms with E-state index >= 15 is 0 Å². The fourth-order valence-electron chi connectivity index (χ4n) is 2.31. The quantitative estimate of drug-likeness (QED) is 0.625. The van der Waals surface area contributed by atoms with Crippen LogP contribution in [-0.4, -0.2) is 66.0 Å². The van der Waals surface area contributed by atoms with Gasteiger partial charge in [-0.05, 0) is 25.9 Å². The molecule has 0 atom stereocenters. The van der Waals surface area contributed by atoms with E-state index in [1.807, 2.05) is 0 Å². The Morgan fingerprint density at radius 3 is 2.00 bits per heavy atom. The van der Waals surface area contributed by atoms with Crippen LogP contribution in [0.2, 0.25) is 0 Å². The number of rotatable bonds is 1. The second-order valence-electron chi connectivity index (χ2n) is 4.96. The number of alkyl halides is 3. The third-order valence-corrected chi connectivity index (χ3v) is 3.45. The minimum atomic E-state index is -5.08. The second-order valence-corrected chi connectivity index (χ2v) is 4.96. The Kier molecular flexibility index (Phi) is 5.35. The van der Waals surface area contributed by atoms with Crippen molar-refractivity contribution in [2.24, 2.45) is 5.41 Å². The zero-order valence-electron chi connectivity index (χ0n) is 10.7. The molecule has 3 N–H and O–H groups in total. The van der Waals surface area contributed by atoms with Crippen molar-refractivity contribution in [1.29, 1.82) is 0 Å². The first-order valence-corrected chi connectivity index (χ1v) is 6.10. The van der Waals surface area contributed by atoms with Gasteiger partial charge in [-0.3, -0.25) is 4.79 Å². The molecule has 1 spiro atoms. The Morgan fingerprint density at radius 1 is 1.20 bits per heavy atom. The molecule has 0 aromatic carbocycles. The predicted molar refractivity (Wildman–Crippen MR) is 61.9 cm³/mol. The molecule has 2 heterocycles. The minimum absolute atomic E-state index is 0.121. The van der Waals surface area contributed by atoms with E-state index in [9.17, 15) is 18.0 Å². The number of aliphatic hydroxyl groups is 1. The van der Waals surface area contributed by atoms with Crippen LogP contribution in [0.3, 0.4) is 0 Å². The number of carbonyl (C=O) groups excluding carboxylic acids is 1. The molecule has 0 unspecified atom stereocenters. The Morgan fingerprint density at radius 2 is 1.65 bits per heavy atom. The molecule has 2 rings (SSSR count). The molecule has 0 aromatic heterocycles. The van der Waals surface area contributed by atoms with Gasteiger partial charge in [0.2, 0.25) is 5.91 Å². The summed E-state index contributed by atoms with van der Waals surface area (Å²) >= 11 is 0. The lowest BCUT2D eigenvalue weighted by Crippen LogP contribution is -2.62. The van der Waals surface area contributed by atoms with Gasteiger partial charge in [-0.2, -0.15) is 13.2 Å². The van der Waals surface area contributed by atoms with Gasteiger partial charge in [0.05, 0.1) is 0 Å². The highest BCUT2D eigenvalue weighted by atomic mass is 19.4. The van der Waals surface area contributed by atoms with Crippen LogP contribution >= 0.6 is 0 Å². The standard InChI is InChI=1S/C9H16N2O2.C2HF3O2/c12-5-8(13)11-6-9(7-11)1-3-10-4-2-9;3-2(4,5)1(6)7/h10,12H,1-7H2;(H,6,7). The number of carboxylic acids is 1. The van der Waals surface area contributed by atoms with Crippen molar-refractivity contribution in [2.75, 3.05) is 32.8 Å². The van der Waals surface area contributed by atoms with Crippen LogP contribution in [0.25, 0.3) is 0 Å². The van der Waals surface area contributed by atoms with Crippen molar-refractivity contribution in [3.63, 3.8) is 0 Å². The van der Waals surface area contributed by atoms with E-state index in [0.717, 1.165) is 26.2 Å². The molecule has 0 aromatic rings. The Bertz CT molecular complexity index is 359. The maximum atomic E-state index is 11.1. The number of aliphatic carboxylic acids is 1. The van der Waals surface area contributed by atoms with E-state index in [-0.39, 0.29) is 12.5 Å². The van der Waals surface area contributed by atoms with Gasteiger partial charge in [-0.15, -0.1) is 0 Å². The van der Waals surface area contributed by atoms with Gasteiger partial charge >= 0.3 is 12.1 Å². The van der Waals surface area contributed by atoms with Crippen molar-refractivity contribution in [3.05, 3.63) is 0 Å². The SMILES string of the molecule is O=C(CO)N1CC2(CCNCC2)C1.O=C(O)C(F)(F)F. The van der Waals surface area contributed by atoms with Crippen LogP contribution < -0.4 is 5.32 Å². The largest absolute Gasteiger partial charge is 0.490 e. The zero-order chi connectivity index (χ0) is 15.4. The topological polar surface area (TPSA) is 89.9 Å². The van der Waals surface area contributed by atoms with Crippen LogP contribution in [-0.2, 0) is 9.59 Å². The number of halogens is 3. The number of nitrogens with zero attached hydrogens (tertiary/aromatic N) is 1. The molecule has 0 radical (unpaired) electrons. The van der Waals surface area contributed by atoms with Gasteiger partial charge in [-0.25, -0.2) is 4.79 Å². The maximum Gasteiger partial charge on any atom is 0.490 e. The number of piperidine rings is 1. The third-order valence-electron chi connectivity index (χ3n) is 3.45. The summed E-state index contributed by atoms with van der Waals surface area (Å²) in [5, 5.41) is 19.1. The molecule has 2 saturated heterocycles. The number of hydrogen-bond donors (Lipinski definition) is 3. The number of carbonyl (C=O) groups is 2. The number of carboxylic acid groups (broad SMARTS) is 1. The van der Waals surface area contributed by atoms with E-state index < -0.39 is 12.1 Å². The van der Waals surface area contributed by atoms with Gasteiger partial charge in [0.15, 0.2) is 0 Å². The summed E-state index contributed by atoms with van der Waals surface area (Å²) in [7, 11) is 0. The molecule has 6 nitrogen and oxygen atoms in total. The average Bonchev–Trinajstić information content (AvgIpc) is 2.35. The highest BCUT2D eigenvalue weighted by Gasteiger charge is 2.44. The van der Waals surface area contributed by atoms with E-state index in [1.54, 1.807) is 4.90 Å². The highest BCUT2D eigenvalue weighted by molar-refractivity contribution is 5.78. The smallest absolute Gasteiger partial charge is 0.475 e. The second kappa shape index (κ2) is 6.40. The monoisotopic (exact) mass is 298 g/mol. The van der Waals surface area contributed by atoms with Crippen molar-refractivity contribution in [2.45, 2.75) is 19.0 Å². The van der Waals surface area contributed by atoms with Gasteiger partial charge in [0.1, 0.15) is 6.61 Å². The summed E-state index contributed by atoms with van der Waals surface area (Å²) < 4.78 is 31.7. The predicted octanol–water partition coefficient (Wildman–Crippen LogP) is -0.176. The first-order chi connectivity index (χ1) is 9.20. The summed E-state index contributed by atoms with van der Waals surface area (Å²) in [5.41, 5.74) is 0.385. The average molecular weight is 298 g/mol. The van der Waals surface area contributed by atoms with Crippen molar-refractivity contribution < 1.29 is 33.0 Å². The van der Waals surface area contributed by atoms with E-state index in [2.05, 4.69) is 5.32 Å². The van der Waals surface area contributed by atoms with Crippen molar-refractivity contribution in [1.82, 2.24) is 10.2 Å². The molecule has 20 heavy (non-hydrogen) atoms. The fraction of sp³-hybridized carbons (Fsp3) is 0.818. The molecule has 0 aliphatic carbocycles. The van der Waals surface area contributed by atoms with E-state index in [1.165, 1.54) is 12.8 Å². The number of amides is 1. The number of aliphatic hydroxyl groups excluding tert-OH is 1. The zero-order valence-corrected chi connectivity index (χ0v) is 10.7. The molecule has 2 aliphatic rings. The van der Waals surface area contributed by atoms with Crippen LogP contribution in [0.15, 0.2) is 0 Å². The Hall–Kier alpha value is -1.35. The molecular weight excluding hydrogens is 281 g/mol. The maximum absolute atomic E-state index is 11.1. The lowest BCUT2D eigenvalue weighted by Gasteiger charge is -2.52. The third kappa shape index (κ3) is 4.34. The van der Waals surface area contributed by atoms with Crippen molar-refractivity contribution in [3.8, 4) is 0 Å². The lowest BCUT2D eigenvalue weighted by atomic mass is 9.72. The summed E-state index contributed by atoms with van der Waals surface area (Å²) in [6.07, 6.45) is -2.75. The summed E-state index contributed by atoms with van der Waals surface area (Å²) in [5.74, 6) is -2.88. The number of nitrogens with one attached hydrogen (secondary N) is 1. The highest BCUT2D eigenvalue weighted by Crippen LogP contribution is 2.38. The van der Waals surface area contributed by atoms with Gasteiger partial charge in [0.25, 0.3) is 0 Å². The van der Waals surface area contributed by atoms with Crippen LogP contribution in [0.1, 0.15) is 12.8 Å². The molecule has 2 fully saturated rings. The first-order valence-electron chi connectivity index (χ1n) is 6.10. The van der Waals surface area contributed by atoms with Gasteiger partial charge < -0.3 is 20.4 Å². The molecule has 9 heteroatoms. The normalized spacial score (nSPS) is 20.7. The van der Waals surface area contributed by atoms with Gasteiger partial charge in [-0.1, -0.05) is 0 Å². The first kappa shape index (κ1) is 16.7. The number of hydrogen-bond acceptors (Lipinski definition) is 4. The molecule has 116 valence electrons. The van der Waals surface area contributed by atoms with Crippen molar-refractivity contribution >= 4 is 11.9 Å². The molecular formula is C11H17F3N2O4. The molecule has 1 amide bonds. The van der Waals surface area contributed by atoms with E-state index in [4.69, 9.17) is 15.0 Å². The molecule has 0 bridgehead atoms. The summed E-state index contributed by atoms with van der Waals surface area (Å²) in [6.45, 7) is 3.51. The number of likely N-dealkylation sites (tertiary alicyclic amines) is 1. The van der Waals surface area contributed by atoms with Crippen LogP contribution in [0.4, 0.5) is 13.2 Å². The minimum Gasteiger partial charge on any atom is -0.475 e. The summed E-state index contributed by atoms with van der Waals surface area (Å²) in [4.78, 5) is 21.7. The molecule has 2 aliphatic heterocycles. The van der Waals surface area contributed by atoms with Crippen LogP contribution in [0.5, 0.6) is 0 Å². The Labute approximate surface area is 113 Å².